The molecule has 0 radical (unpaired) electrons. The molecule has 0 spiro atoms. The van der Waals surface area contributed by atoms with Crippen LogP contribution >= 0.6 is 0 Å². The first kappa shape index (κ1) is 26.5. The molecule has 0 unspecified atom stereocenters. The molecule has 1 aliphatic carbocycles. The van der Waals surface area contributed by atoms with Crippen molar-refractivity contribution in [1.29, 1.82) is 0 Å². The normalized spacial score (nSPS) is 14.1. The highest BCUT2D eigenvalue weighted by atomic mass is 19.4. The number of alkyl halides is 6. The maximum atomic E-state index is 13.8. The molecule has 1 saturated carbocycles. The van der Waals surface area contributed by atoms with Crippen molar-refractivity contribution in [1.82, 2.24) is 29.7 Å². The van der Waals surface area contributed by atoms with Gasteiger partial charge in [0, 0.05) is 30.3 Å². The van der Waals surface area contributed by atoms with E-state index in [0.717, 1.165) is 31.2 Å². The Morgan fingerprint density at radius 3 is 2.41 bits per heavy atom. The fourth-order valence-electron chi connectivity index (χ4n) is 4.22. The summed E-state index contributed by atoms with van der Waals surface area (Å²) in [5, 5.41) is 10.0. The molecule has 39 heavy (non-hydrogen) atoms. The monoisotopic (exact) mass is 552 g/mol. The third kappa shape index (κ3) is 5.54. The molecule has 0 aliphatic heterocycles. The summed E-state index contributed by atoms with van der Waals surface area (Å²) in [6, 6.07) is 8.14. The van der Waals surface area contributed by atoms with Crippen molar-refractivity contribution in [2.24, 2.45) is 0 Å². The summed E-state index contributed by atoms with van der Waals surface area (Å²) in [6.07, 6.45) is -6.50. The number of hydrogen-bond donors (Lipinski definition) is 1. The molecule has 206 valence electrons. The summed E-state index contributed by atoms with van der Waals surface area (Å²) >= 11 is 0. The van der Waals surface area contributed by atoms with Crippen LogP contribution in [-0.2, 0) is 18.9 Å². The highest BCUT2D eigenvalue weighted by Crippen LogP contribution is 2.42. The van der Waals surface area contributed by atoms with Crippen LogP contribution in [0.4, 0.5) is 26.3 Å². The molecule has 0 bridgehead atoms. The zero-order valence-electron chi connectivity index (χ0n) is 20.5. The SMILES string of the molecule is COc1ccc(-c2cc(C(F)(F)F)n3ncc(C(=O)NCCCn4nc(C(F)(F)F)cc4C4CC4)c3n2)cc1. The van der Waals surface area contributed by atoms with Gasteiger partial charge in [0.05, 0.1) is 19.0 Å². The zero-order chi connectivity index (χ0) is 27.9. The van der Waals surface area contributed by atoms with Gasteiger partial charge in [-0.15, -0.1) is 0 Å². The lowest BCUT2D eigenvalue weighted by atomic mass is 10.1. The second-order valence-electron chi connectivity index (χ2n) is 9.11. The van der Waals surface area contributed by atoms with Crippen LogP contribution in [0.3, 0.4) is 0 Å². The minimum absolute atomic E-state index is 0.0150. The Bertz CT molecular complexity index is 1500. The molecule has 1 aromatic carbocycles. The highest BCUT2D eigenvalue weighted by molar-refractivity contribution is 5.99. The van der Waals surface area contributed by atoms with Gasteiger partial charge in [0.15, 0.2) is 17.0 Å². The molecule has 8 nitrogen and oxygen atoms in total. The Kier molecular flexibility index (Phi) is 6.72. The van der Waals surface area contributed by atoms with Crippen LogP contribution in [0.25, 0.3) is 16.9 Å². The number of ether oxygens (including phenoxy) is 1. The number of amides is 1. The number of halogens is 6. The largest absolute Gasteiger partial charge is 0.497 e. The van der Waals surface area contributed by atoms with E-state index in [9.17, 15) is 31.1 Å². The van der Waals surface area contributed by atoms with Crippen LogP contribution in [0, 0.1) is 0 Å². The number of aromatic nitrogens is 5. The maximum absolute atomic E-state index is 13.8. The van der Waals surface area contributed by atoms with Crippen LogP contribution in [0.15, 0.2) is 42.6 Å². The van der Waals surface area contributed by atoms with Crippen molar-refractivity contribution in [3.8, 4) is 17.0 Å². The lowest BCUT2D eigenvalue weighted by Crippen LogP contribution is -2.26. The van der Waals surface area contributed by atoms with Crippen LogP contribution in [0.5, 0.6) is 5.75 Å². The molecule has 1 N–H and O–H groups in total. The number of hydrogen-bond acceptors (Lipinski definition) is 5. The molecule has 1 aliphatic rings. The summed E-state index contributed by atoms with van der Waals surface area (Å²) in [5.41, 5.74) is -1.66. The van der Waals surface area contributed by atoms with Crippen molar-refractivity contribution >= 4 is 11.6 Å². The number of carbonyl (C=O) groups excluding carboxylic acids is 1. The zero-order valence-corrected chi connectivity index (χ0v) is 20.5. The fraction of sp³-hybridized carbons (Fsp3) is 0.360. The number of fused-ring (bicyclic) bond motifs is 1. The van der Waals surface area contributed by atoms with Crippen molar-refractivity contribution in [3.05, 3.63) is 65.2 Å². The summed E-state index contributed by atoms with van der Waals surface area (Å²) in [7, 11) is 1.46. The van der Waals surface area contributed by atoms with Gasteiger partial charge < -0.3 is 10.1 Å². The lowest BCUT2D eigenvalue weighted by molar-refractivity contribution is -0.143. The van der Waals surface area contributed by atoms with Gasteiger partial charge in [0.2, 0.25) is 0 Å². The predicted molar refractivity (Wildman–Crippen MR) is 126 cm³/mol. The number of aryl methyl sites for hydroxylation is 1. The summed E-state index contributed by atoms with van der Waals surface area (Å²) in [4.78, 5) is 17.1. The molecule has 1 fully saturated rings. The average Bonchev–Trinajstić information content (AvgIpc) is 3.48. The molecule has 1 amide bonds. The first-order valence-corrected chi connectivity index (χ1v) is 12.0. The Labute approximate surface area is 217 Å². The molecule has 0 atom stereocenters. The van der Waals surface area contributed by atoms with Crippen molar-refractivity contribution < 1.29 is 35.9 Å². The van der Waals surface area contributed by atoms with E-state index in [1.165, 1.54) is 11.8 Å². The van der Waals surface area contributed by atoms with Crippen LogP contribution in [0.2, 0.25) is 0 Å². The number of rotatable bonds is 8. The molecule has 0 saturated heterocycles. The molecule has 5 rings (SSSR count). The van der Waals surface area contributed by atoms with E-state index in [-0.39, 0.29) is 42.3 Å². The van der Waals surface area contributed by atoms with E-state index in [2.05, 4.69) is 20.5 Å². The smallest absolute Gasteiger partial charge is 0.435 e. The topological polar surface area (TPSA) is 86.3 Å². The average molecular weight is 552 g/mol. The quantitative estimate of drug-likeness (QED) is 0.236. The number of methoxy groups -OCH3 is 1. The third-order valence-electron chi connectivity index (χ3n) is 6.32. The third-order valence-corrected chi connectivity index (χ3v) is 6.32. The van der Waals surface area contributed by atoms with Crippen molar-refractivity contribution in [2.45, 2.75) is 44.1 Å². The fourth-order valence-corrected chi connectivity index (χ4v) is 4.22. The van der Waals surface area contributed by atoms with Crippen molar-refractivity contribution in [3.63, 3.8) is 0 Å². The van der Waals surface area contributed by atoms with Gasteiger partial charge >= 0.3 is 12.4 Å². The van der Waals surface area contributed by atoms with Crippen LogP contribution in [-0.4, -0.2) is 43.9 Å². The van der Waals surface area contributed by atoms with Gasteiger partial charge in [-0.3, -0.25) is 9.48 Å². The Morgan fingerprint density at radius 1 is 1.08 bits per heavy atom. The molecule has 3 heterocycles. The molecule has 3 aromatic heterocycles. The summed E-state index contributed by atoms with van der Waals surface area (Å²) < 4.78 is 87.7. The summed E-state index contributed by atoms with van der Waals surface area (Å²) in [5.74, 6) is -0.165. The van der Waals surface area contributed by atoms with E-state index in [1.54, 1.807) is 24.3 Å². The minimum atomic E-state index is -4.78. The van der Waals surface area contributed by atoms with Gasteiger partial charge in [-0.25, -0.2) is 9.50 Å². The van der Waals surface area contributed by atoms with Gasteiger partial charge in [-0.05, 0) is 55.7 Å². The van der Waals surface area contributed by atoms with Gasteiger partial charge in [0.25, 0.3) is 5.91 Å². The van der Waals surface area contributed by atoms with E-state index in [0.29, 0.717) is 21.5 Å². The second kappa shape index (κ2) is 9.89. The first-order valence-electron chi connectivity index (χ1n) is 12.0. The van der Waals surface area contributed by atoms with Crippen molar-refractivity contribution in [2.75, 3.05) is 13.7 Å². The lowest BCUT2D eigenvalue weighted by Gasteiger charge is -2.12. The summed E-state index contributed by atoms with van der Waals surface area (Å²) in [6.45, 7) is 0.181. The highest BCUT2D eigenvalue weighted by Gasteiger charge is 2.38. The number of nitrogens with one attached hydrogen (secondary N) is 1. The number of benzene rings is 1. The maximum Gasteiger partial charge on any atom is 0.435 e. The Morgan fingerprint density at radius 2 is 1.79 bits per heavy atom. The van der Waals surface area contributed by atoms with Gasteiger partial charge in [0.1, 0.15) is 11.3 Å². The first-order chi connectivity index (χ1) is 18.5. The number of carbonyl (C=O) groups is 1. The molecule has 4 aromatic rings. The van der Waals surface area contributed by atoms with E-state index < -0.39 is 29.6 Å². The Balaban J connectivity index is 1.34. The van der Waals surface area contributed by atoms with E-state index >= 15 is 0 Å². The molecule has 14 heteroatoms. The minimum Gasteiger partial charge on any atom is -0.497 e. The van der Waals surface area contributed by atoms with E-state index in [4.69, 9.17) is 4.74 Å². The number of nitrogens with zero attached hydrogens (tertiary/aromatic N) is 5. The predicted octanol–water partition coefficient (Wildman–Crippen LogP) is 5.34. The van der Waals surface area contributed by atoms with Crippen LogP contribution < -0.4 is 10.1 Å². The van der Waals surface area contributed by atoms with E-state index in [1.807, 2.05) is 0 Å². The Hall–Kier alpha value is -4.10. The molecular formula is C25H22F6N6O2. The second-order valence-corrected chi connectivity index (χ2v) is 9.11. The standard InChI is InChI=1S/C25H22F6N6O2/c1-39-16-7-5-14(6-8-16)18-11-21(25(29,30)31)37-22(34-18)17(13-33-37)23(38)32-9-2-10-36-19(15-3-4-15)12-20(35-36)24(26,27)28/h5-8,11-13,15H,2-4,9-10H2,1H3,(H,32,38). The molecular weight excluding hydrogens is 530 g/mol. The van der Waals surface area contributed by atoms with Gasteiger partial charge in [-0.2, -0.15) is 36.5 Å². The van der Waals surface area contributed by atoms with Crippen LogP contribution in [0.1, 0.15) is 52.6 Å². The van der Waals surface area contributed by atoms with Gasteiger partial charge in [-0.1, -0.05) is 0 Å².